The van der Waals surface area contributed by atoms with E-state index in [9.17, 15) is 0 Å². The average Bonchev–Trinajstić information content (AvgIpc) is 2.61. The summed E-state index contributed by atoms with van der Waals surface area (Å²) in [6, 6.07) is 8.46. The summed E-state index contributed by atoms with van der Waals surface area (Å²) in [7, 11) is 0. The average molecular weight is 171 g/mol. The lowest BCUT2D eigenvalue weighted by atomic mass is 10.0. The van der Waals surface area contributed by atoms with Crippen LogP contribution in [0.1, 0.15) is 17.0 Å². The molecule has 3 rings (SSSR count). The highest BCUT2D eigenvalue weighted by molar-refractivity contribution is 5.32. The summed E-state index contributed by atoms with van der Waals surface area (Å²) in [5, 5.41) is 4.16. The lowest BCUT2D eigenvalue weighted by Gasteiger charge is -2.15. The van der Waals surface area contributed by atoms with Gasteiger partial charge in [0.25, 0.3) is 0 Å². The van der Waals surface area contributed by atoms with Crippen molar-refractivity contribution in [3.8, 4) is 0 Å². The number of aromatic nitrogens is 3. The first-order chi connectivity index (χ1) is 6.43. The summed E-state index contributed by atoms with van der Waals surface area (Å²) in [6.07, 6.45) is 2.54. The molecule has 0 amide bonds. The maximum Gasteiger partial charge on any atom is 0.138 e. The highest BCUT2D eigenvalue weighted by Gasteiger charge is 2.14. The predicted octanol–water partition coefficient (Wildman–Crippen LogP) is 1.23. The molecule has 1 aromatic carbocycles. The number of hydrogen-bond acceptors (Lipinski definition) is 2. The van der Waals surface area contributed by atoms with Crippen molar-refractivity contribution in [1.29, 1.82) is 0 Å². The fourth-order valence-corrected chi connectivity index (χ4v) is 1.77. The molecule has 0 radical (unpaired) electrons. The van der Waals surface area contributed by atoms with Crippen molar-refractivity contribution in [3.05, 3.63) is 47.5 Å². The Labute approximate surface area is 76.0 Å². The van der Waals surface area contributed by atoms with Gasteiger partial charge in [0.1, 0.15) is 12.2 Å². The van der Waals surface area contributed by atoms with E-state index in [2.05, 4.69) is 34.3 Å². The minimum Gasteiger partial charge on any atom is -0.245 e. The van der Waals surface area contributed by atoms with Crippen molar-refractivity contribution in [2.75, 3.05) is 0 Å². The first-order valence-electron chi connectivity index (χ1n) is 4.37. The predicted molar refractivity (Wildman–Crippen MR) is 48.4 cm³/mol. The SMILES string of the molecule is c1ccc2c(c1)Cc1ncnn1C2. The largest absolute Gasteiger partial charge is 0.245 e. The topological polar surface area (TPSA) is 30.7 Å². The normalized spacial score (nSPS) is 13.5. The summed E-state index contributed by atoms with van der Waals surface area (Å²) in [6.45, 7) is 0.867. The highest BCUT2D eigenvalue weighted by atomic mass is 15.3. The van der Waals surface area contributed by atoms with E-state index in [-0.39, 0.29) is 0 Å². The van der Waals surface area contributed by atoms with E-state index in [1.165, 1.54) is 11.1 Å². The second-order valence-electron chi connectivity index (χ2n) is 3.28. The van der Waals surface area contributed by atoms with E-state index in [1.54, 1.807) is 6.33 Å². The lowest BCUT2D eigenvalue weighted by Crippen LogP contribution is -2.14. The van der Waals surface area contributed by atoms with Gasteiger partial charge in [0.15, 0.2) is 0 Å². The first-order valence-corrected chi connectivity index (χ1v) is 4.37. The van der Waals surface area contributed by atoms with Crippen molar-refractivity contribution in [1.82, 2.24) is 14.8 Å². The molecule has 0 saturated heterocycles. The Morgan fingerprint density at radius 2 is 2.00 bits per heavy atom. The minimum absolute atomic E-state index is 0.867. The van der Waals surface area contributed by atoms with Gasteiger partial charge in [0, 0.05) is 6.42 Å². The molecule has 0 bridgehead atoms. The van der Waals surface area contributed by atoms with Gasteiger partial charge in [-0.05, 0) is 11.1 Å². The summed E-state index contributed by atoms with van der Waals surface area (Å²) >= 11 is 0. The Hall–Kier alpha value is -1.64. The molecule has 0 atom stereocenters. The number of benzene rings is 1. The molecule has 13 heavy (non-hydrogen) atoms. The Kier molecular flexibility index (Phi) is 1.27. The third-order valence-electron chi connectivity index (χ3n) is 2.48. The van der Waals surface area contributed by atoms with Crippen LogP contribution < -0.4 is 0 Å². The van der Waals surface area contributed by atoms with Crippen molar-refractivity contribution >= 4 is 0 Å². The van der Waals surface area contributed by atoms with Crippen LogP contribution in [0.2, 0.25) is 0 Å². The molecule has 2 heterocycles. The van der Waals surface area contributed by atoms with Crippen LogP contribution in [-0.2, 0) is 13.0 Å². The molecule has 0 fully saturated rings. The van der Waals surface area contributed by atoms with Gasteiger partial charge in [-0.3, -0.25) is 0 Å². The number of hydrogen-bond donors (Lipinski definition) is 0. The third kappa shape index (κ3) is 0.967. The van der Waals surface area contributed by atoms with Crippen LogP contribution in [0.3, 0.4) is 0 Å². The van der Waals surface area contributed by atoms with Gasteiger partial charge in [0.2, 0.25) is 0 Å². The monoisotopic (exact) mass is 171 g/mol. The highest BCUT2D eigenvalue weighted by Crippen LogP contribution is 2.19. The molecule has 1 aliphatic heterocycles. The summed E-state index contributed by atoms with van der Waals surface area (Å²) in [5.41, 5.74) is 2.74. The second kappa shape index (κ2) is 2.42. The van der Waals surface area contributed by atoms with E-state index in [4.69, 9.17) is 0 Å². The zero-order valence-corrected chi connectivity index (χ0v) is 7.14. The van der Waals surface area contributed by atoms with Gasteiger partial charge in [0.05, 0.1) is 6.54 Å². The van der Waals surface area contributed by atoms with E-state index < -0.39 is 0 Å². The Morgan fingerprint density at radius 3 is 2.92 bits per heavy atom. The van der Waals surface area contributed by atoms with Crippen LogP contribution >= 0.6 is 0 Å². The molecule has 1 aromatic heterocycles. The van der Waals surface area contributed by atoms with Crippen LogP contribution in [0.4, 0.5) is 0 Å². The fourth-order valence-electron chi connectivity index (χ4n) is 1.77. The molecule has 3 heteroatoms. The lowest BCUT2D eigenvalue weighted by molar-refractivity contribution is 0.620. The maximum absolute atomic E-state index is 4.21. The van der Waals surface area contributed by atoms with Gasteiger partial charge in [-0.1, -0.05) is 24.3 Å². The molecule has 0 saturated carbocycles. The molecular formula is C10H9N3. The number of nitrogens with zero attached hydrogens (tertiary/aromatic N) is 3. The van der Waals surface area contributed by atoms with E-state index in [0.29, 0.717) is 0 Å². The van der Waals surface area contributed by atoms with Crippen LogP contribution in [0.15, 0.2) is 30.6 Å². The standard InChI is InChI=1S/C10H9N3/c1-2-4-9-6-13-10(11-7-12-13)5-8(9)3-1/h1-4,7H,5-6H2. The fraction of sp³-hybridized carbons (Fsp3) is 0.200. The van der Waals surface area contributed by atoms with Gasteiger partial charge >= 0.3 is 0 Å². The van der Waals surface area contributed by atoms with Crippen molar-refractivity contribution in [2.45, 2.75) is 13.0 Å². The smallest absolute Gasteiger partial charge is 0.138 e. The molecule has 1 aliphatic rings. The summed E-state index contributed by atoms with van der Waals surface area (Å²) < 4.78 is 1.96. The zero-order chi connectivity index (χ0) is 8.67. The minimum atomic E-state index is 0.867. The van der Waals surface area contributed by atoms with E-state index >= 15 is 0 Å². The molecular weight excluding hydrogens is 162 g/mol. The van der Waals surface area contributed by atoms with Crippen LogP contribution in [0.25, 0.3) is 0 Å². The van der Waals surface area contributed by atoms with Gasteiger partial charge in [-0.2, -0.15) is 5.10 Å². The molecule has 0 spiro atoms. The second-order valence-corrected chi connectivity index (χ2v) is 3.28. The van der Waals surface area contributed by atoms with Crippen molar-refractivity contribution in [2.24, 2.45) is 0 Å². The molecule has 0 N–H and O–H groups in total. The molecule has 0 unspecified atom stereocenters. The molecule has 2 aromatic rings. The summed E-state index contributed by atoms with van der Waals surface area (Å²) in [4.78, 5) is 4.21. The molecule has 3 nitrogen and oxygen atoms in total. The van der Waals surface area contributed by atoms with E-state index in [1.807, 2.05) is 4.68 Å². The van der Waals surface area contributed by atoms with Gasteiger partial charge < -0.3 is 0 Å². The van der Waals surface area contributed by atoms with E-state index in [0.717, 1.165) is 18.8 Å². The maximum atomic E-state index is 4.21. The van der Waals surface area contributed by atoms with Crippen LogP contribution in [-0.4, -0.2) is 14.8 Å². The van der Waals surface area contributed by atoms with Crippen molar-refractivity contribution < 1.29 is 0 Å². The zero-order valence-electron chi connectivity index (χ0n) is 7.14. The number of rotatable bonds is 0. The van der Waals surface area contributed by atoms with Crippen LogP contribution in [0, 0.1) is 0 Å². The quantitative estimate of drug-likeness (QED) is 0.509. The molecule has 64 valence electrons. The number of fused-ring (bicyclic) bond motifs is 2. The first kappa shape index (κ1) is 6.83. The Bertz CT molecular complexity index is 405. The third-order valence-corrected chi connectivity index (χ3v) is 2.48. The Morgan fingerprint density at radius 1 is 1.15 bits per heavy atom. The molecule has 0 aliphatic carbocycles. The van der Waals surface area contributed by atoms with Gasteiger partial charge in [-0.25, -0.2) is 9.67 Å². The Balaban J connectivity index is 2.14. The van der Waals surface area contributed by atoms with Crippen molar-refractivity contribution in [3.63, 3.8) is 0 Å². The summed E-state index contributed by atoms with van der Waals surface area (Å²) in [5.74, 6) is 1.07. The van der Waals surface area contributed by atoms with Gasteiger partial charge in [-0.15, -0.1) is 0 Å². The van der Waals surface area contributed by atoms with Crippen LogP contribution in [0.5, 0.6) is 0 Å².